The van der Waals surface area contributed by atoms with E-state index in [1.807, 2.05) is 6.92 Å². The highest BCUT2D eigenvalue weighted by atomic mass is 19.4. The molecule has 3 aromatic rings. The van der Waals surface area contributed by atoms with Crippen molar-refractivity contribution in [2.75, 3.05) is 25.1 Å². The summed E-state index contributed by atoms with van der Waals surface area (Å²) in [6, 6.07) is 5.63. The third-order valence-corrected chi connectivity index (χ3v) is 5.34. The van der Waals surface area contributed by atoms with Crippen LogP contribution in [-0.2, 0) is 18.8 Å². The summed E-state index contributed by atoms with van der Waals surface area (Å²) in [5.74, 6) is -1.33. The Hall–Kier alpha value is -3.44. The lowest BCUT2D eigenvalue weighted by atomic mass is 10.0. The molecule has 190 valence electrons. The Kier molecular flexibility index (Phi) is 7.51. The molecule has 0 bridgehead atoms. The summed E-state index contributed by atoms with van der Waals surface area (Å²) in [6.07, 6.45) is -8.10. The number of aromatic nitrogens is 1. The van der Waals surface area contributed by atoms with Gasteiger partial charge in [0.25, 0.3) is 0 Å². The van der Waals surface area contributed by atoms with Crippen LogP contribution in [0.25, 0.3) is 11.0 Å². The Bertz CT molecular complexity index is 1200. The Morgan fingerprint density at radius 1 is 1.11 bits per heavy atom. The van der Waals surface area contributed by atoms with Gasteiger partial charge in [0.15, 0.2) is 11.3 Å². The number of ether oxygens (including phenoxy) is 1. The monoisotopic (exact) mass is 504 g/mol. The maximum atomic E-state index is 13.2. The molecule has 0 aliphatic carbocycles. The summed E-state index contributed by atoms with van der Waals surface area (Å²) in [6.45, 7) is 2.26. The van der Waals surface area contributed by atoms with Crippen LogP contribution in [0.15, 0.2) is 34.9 Å². The zero-order chi connectivity index (χ0) is 26.0. The van der Waals surface area contributed by atoms with Gasteiger partial charge in [-0.1, -0.05) is 18.5 Å². The van der Waals surface area contributed by atoms with E-state index in [-0.39, 0.29) is 29.8 Å². The second-order valence-corrected chi connectivity index (χ2v) is 7.85. The lowest BCUT2D eigenvalue weighted by Gasteiger charge is -2.21. The first-order valence-corrected chi connectivity index (χ1v) is 10.6. The fourth-order valence-electron chi connectivity index (χ4n) is 3.67. The van der Waals surface area contributed by atoms with Crippen molar-refractivity contribution in [3.63, 3.8) is 0 Å². The number of rotatable bonds is 9. The molecule has 6 nitrogen and oxygen atoms in total. The first-order chi connectivity index (χ1) is 16.3. The van der Waals surface area contributed by atoms with Gasteiger partial charge in [-0.2, -0.15) is 26.3 Å². The minimum atomic E-state index is -4.82. The van der Waals surface area contributed by atoms with Crippen LogP contribution in [0.1, 0.15) is 46.9 Å². The number of benzene rings is 2. The lowest BCUT2D eigenvalue weighted by molar-refractivity contribution is -0.141. The molecule has 35 heavy (non-hydrogen) atoms. The van der Waals surface area contributed by atoms with Crippen molar-refractivity contribution in [1.29, 1.82) is 0 Å². The third-order valence-electron chi connectivity index (χ3n) is 5.34. The van der Waals surface area contributed by atoms with E-state index in [0.717, 1.165) is 12.1 Å². The summed E-state index contributed by atoms with van der Waals surface area (Å²) in [7, 11) is 1.55. The minimum Gasteiger partial charge on any atom is -0.493 e. The first-order valence-electron chi connectivity index (χ1n) is 10.6. The van der Waals surface area contributed by atoms with Gasteiger partial charge in [-0.3, -0.25) is 0 Å². The smallest absolute Gasteiger partial charge is 0.437 e. The van der Waals surface area contributed by atoms with E-state index < -0.39 is 35.1 Å². The zero-order valence-corrected chi connectivity index (χ0v) is 18.8. The molecule has 0 saturated carbocycles. The number of alkyl halides is 6. The van der Waals surface area contributed by atoms with Crippen LogP contribution >= 0.6 is 0 Å². The highest BCUT2D eigenvalue weighted by Gasteiger charge is 2.38. The number of nitrogens with zero attached hydrogens (tertiary/aromatic N) is 2. The maximum absolute atomic E-state index is 13.2. The number of hydrogen-bond donors (Lipinski definition) is 1. The molecule has 0 fully saturated rings. The van der Waals surface area contributed by atoms with Crippen LogP contribution in [0.5, 0.6) is 5.75 Å². The molecule has 1 N–H and O–H groups in total. The second-order valence-electron chi connectivity index (χ2n) is 7.85. The third kappa shape index (κ3) is 5.80. The van der Waals surface area contributed by atoms with Crippen LogP contribution in [0.2, 0.25) is 0 Å². The van der Waals surface area contributed by atoms with Crippen molar-refractivity contribution in [3.05, 3.63) is 52.7 Å². The van der Waals surface area contributed by atoms with Gasteiger partial charge in [0.2, 0.25) is 0 Å². The minimum absolute atomic E-state index is 0.00648. The SMILES string of the molecule is CCCc1c(OCCCN(C)c2ccc(C(=O)O)c(C(F)(F)F)c2)ccc2c(C(F)(F)F)noc12. The van der Waals surface area contributed by atoms with Gasteiger partial charge in [-0.15, -0.1) is 0 Å². The maximum Gasteiger partial charge on any atom is 0.437 e. The van der Waals surface area contributed by atoms with Crippen molar-refractivity contribution in [3.8, 4) is 5.75 Å². The Labute approximate surface area is 196 Å². The number of fused-ring (bicyclic) bond motifs is 1. The number of halogens is 6. The van der Waals surface area contributed by atoms with Gasteiger partial charge in [-0.05, 0) is 43.2 Å². The number of hydrogen-bond acceptors (Lipinski definition) is 5. The first kappa shape index (κ1) is 26.2. The van der Waals surface area contributed by atoms with Crippen LogP contribution in [0.3, 0.4) is 0 Å². The molecule has 12 heteroatoms. The van der Waals surface area contributed by atoms with Gasteiger partial charge < -0.3 is 19.3 Å². The number of anilines is 1. The van der Waals surface area contributed by atoms with Crippen LogP contribution < -0.4 is 9.64 Å². The fourth-order valence-corrected chi connectivity index (χ4v) is 3.67. The summed E-state index contributed by atoms with van der Waals surface area (Å²) in [5.41, 5.74) is -2.54. The molecule has 2 aromatic carbocycles. The normalized spacial score (nSPS) is 12.2. The molecule has 0 aliphatic rings. The van der Waals surface area contributed by atoms with E-state index in [1.54, 1.807) is 7.05 Å². The number of carboxylic acids is 1. The number of carbonyl (C=O) groups is 1. The van der Waals surface area contributed by atoms with E-state index in [2.05, 4.69) is 5.16 Å². The second kappa shape index (κ2) is 10.0. The van der Waals surface area contributed by atoms with E-state index in [1.165, 1.54) is 23.1 Å². The van der Waals surface area contributed by atoms with Crippen LogP contribution in [0, 0.1) is 0 Å². The molecule has 0 spiro atoms. The Morgan fingerprint density at radius 3 is 2.43 bits per heavy atom. The summed E-state index contributed by atoms with van der Waals surface area (Å²) in [5, 5.41) is 12.0. The van der Waals surface area contributed by atoms with Gasteiger partial charge >= 0.3 is 18.3 Å². The van der Waals surface area contributed by atoms with E-state index in [0.29, 0.717) is 30.6 Å². The van der Waals surface area contributed by atoms with Crippen molar-refractivity contribution >= 4 is 22.6 Å². The predicted molar refractivity (Wildman–Crippen MR) is 115 cm³/mol. The number of aryl methyl sites for hydroxylation is 1. The summed E-state index contributed by atoms with van der Waals surface area (Å²) in [4.78, 5) is 12.6. The van der Waals surface area contributed by atoms with E-state index >= 15 is 0 Å². The van der Waals surface area contributed by atoms with E-state index in [4.69, 9.17) is 14.4 Å². The highest BCUT2D eigenvalue weighted by molar-refractivity contribution is 5.90. The molecule has 0 unspecified atom stereocenters. The lowest BCUT2D eigenvalue weighted by Crippen LogP contribution is -2.22. The molecule has 3 rings (SSSR count). The standard InChI is InChI=1S/C23H22F6N2O4/c1-3-5-15-18(9-8-16-19(15)35-30-20(16)23(27,28)29)34-11-4-10-31(2)13-6-7-14(21(32)33)17(12-13)22(24,25)26/h6-9,12H,3-5,10-11H2,1-2H3,(H,32,33). The molecule has 1 aromatic heterocycles. The Balaban J connectivity index is 1.70. The summed E-state index contributed by atoms with van der Waals surface area (Å²) < 4.78 is 89.9. The molecular weight excluding hydrogens is 482 g/mol. The van der Waals surface area contributed by atoms with Crippen LogP contribution in [-0.4, -0.2) is 36.4 Å². The van der Waals surface area contributed by atoms with Crippen molar-refractivity contribution in [2.45, 2.75) is 38.5 Å². The van der Waals surface area contributed by atoms with Crippen LogP contribution in [0.4, 0.5) is 32.0 Å². The number of carboxylic acid groups (broad SMARTS) is 1. The van der Waals surface area contributed by atoms with Gasteiger partial charge in [0, 0.05) is 24.8 Å². The highest BCUT2D eigenvalue weighted by Crippen LogP contribution is 2.38. The molecular formula is C23H22F6N2O4. The van der Waals surface area contributed by atoms with Crippen molar-refractivity contribution < 1.29 is 45.5 Å². The van der Waals surface area contributed by atoms with Gasteiger partial charge in [0.1, 0.15) is 5.75 Å². The predicted octanol–water partition coefficient (Wildman–Crippen LogP) is 6.42. The molecule has 0 amide bonds. The zero-order valence-electron chi connectivity index (χ0n) is 18.8. The molecule has 0 saturated heterocycles. The van der Waals surface area contributed by atoms with Gasteiger partial charge in [-0.25, -0.2) is 4.79 Å². The molecule has 0 radical (unpaired) electrons. The van der Waals surface area contributed by atoms with Gasteiger partial charge in [0.05, 0.1) is 23.1 Å². The molecule has 0 atom stereocenters. The largest absolute Gasteiger partial charge is 0.493 e. The average molecular weight is 504 g/mol. The van der Waals surface area contributed by atoms with E-state index in [9.17, 15) is 31.1 Å². The molecule has 0 aliphatic heterocycles. The van der Waals surface area contributed by atoms with Crippen molar-refractivity contribution in [1.82, 2.24) is 5.16 Å². The van der Waals surface area contributed by atoms with Crippen molar-refractivity contribution in [2.24, 2.45) is 0 Å². The average Bonchev–Trinajstić information content (AvgIpc) is 3.21. The Morgan fingerprint density at radius 2 is 1.83 bits per heavy atom. The number of aromatic carboxylic acids is 1. The summed E-state index contributed by atoms with van der Waals surface area (Å²) >= 11 is 0. The fraction of sp³-hybridized carbons (Fsp3) is 0.391. The topological polar surface area (TPSA) is 75.8 Å². The quantitative estimate of drug-likeness (QED) is 0.268. The molecule has 1 heterocycles.